The minimum absolute atomic E-state index is 0.165. The summed E-state index contributed by atoms with van der Waals surface area (Å²) >= 11 is 0. The van der Waals surface area contributed by atoms with Crippen LogP contribution in [0, 0.1) is 5.92 Å². The summed E-state index contributed by atoms with van der Waals surface area (Å²) in [5.74, 6) is -0.165. The summed E-state index contributed by atoms with van der Waals surface area (Å²) in [6, 6.07) is 30.4. The molecule has 0 N–H and O–H groups in total. The van der Waals surface area contributed by atoms with Crippen molar-refractivity contribution in [3.05, 3.63) is 108 Å². The predicted molar refractivity (Wildman–Crippen MR) is 163 cm³/mol. The Bertz CT molecular complexity index is 1280. The fourth-order valence-corrected chi connectivity index (χ4v) is 6.28. The fourth-order valence-electron chi connectivity index (χ4n) is 6.28. The number of rotatable bonds is 11. The molecule has 3 aromatic carbocycles. The van der Waals surface area contributed by atoms with Crippen molar-refractivity contribution in [1.29, 1.82) is 0 Å². The molecular weight excluding hydrogens is 560 g/mol. The smallest absolute Gasteiger partial charge is 0.189 e. The van der Waals surface area contributed by atoms with Gasteiger partial charge in [-0.05, 0) is 37.5 Å². The van der Waals surface area contributed by atoms with Crippen LogP contribution in [-0.2, 0) is 57.7 Å². The Balaban J connectivity index is 1.21. The molecule has 0 spiro atoms. The van der Waals surface area contributed by atoms with Crippen LogP contribution >= 0.6 is 0 Å². The third-order valence-electron chi connectivity index (χ3n) is 8.63. The molecule has 6 rings (SSSR count). The molecule has 0 bridgehead atoms. The Labute approximate surface area is 260 Å². The van der Waals surface area contributed by atoms with Crippen molar-refractivity contribution < 1.29 is 37.9 Å². The lowest BCUT2D eigenvalue weighted by atomic mass is 9.91. The lowest BCUT2D eigenvalue weighted by Gasteiger charge is -2.48. The van der Waals surface area contributed by atoms with Gasteiger partial charge in [-0.15, -0.1) is 0 Å². The van der Waals surface area contributed by atoms with E-state index in [2.05, 4.69) is 31.2 Å². The summed E-state index contributed by atoms with van der Waals surface area (Å²) in [6.07, 6.45) is -4.11. The van der Waals surface area contributed by atoms with E-state index in [9.17, 15) is 0 Å². The van der Waals surface area contributed by atoms with E-state index in [-0.39, 0.29) is 30.3 Å². The van der Waals surface area contributed by atoms with Gasteiger partial charge in [0.1, 0.15) is 24.4 Å². The van der Waals surface area contributed by atoms with Crippen LogP contribution in [0.2, 0.25) is 0 Å². The number of hydrogen-bond acceptors (Lipinski definition) is 8. The van der Waals surface area contributed by atoms with E-state index < -0.39 is 37.2 Å². The normalized spacial score (nSPS) is 35.3. The summed E-state index contributed by atoms with van der Waals surface area (Å²) in [7, 11) is 0. The van der Waals surface area contributed by atoms with Gasteiger partial charge in [-0.3, -0.25) is 0 Å². The number of ether oxygens (including phenoxy) is 8. The maximum Gasteiger partial charge on any atom is 0.189 e. The molecule has 44 heavy (non-hydrogen) atoms. The molecule has 3 saturated heterocycles. The van der Waals surface area contributed by atoms with Crippen molar-refractivity contribution in [2.24, 2.45) is 5.92 Å². The Morgan fingerprint density at radius 2 is 0.955 bits per heavy atom. The van der Waals surface area contributed by atoms with Crippen molar-refractivity contribution >= 4 is 0 Å². The quantitative estimate of drug-likeness (QED) is 0.263. The first-order chi connectivity index (χ1) is 21.5. The second-order valence-corrected chi connectivity index (χ2v) is 12.0. The van der Waals surface area contributed by atoms with Crippen molar-refractivity contribution in [2.75, 3.05) is 0 Å². The summed E-state index contributed by atoms with van der Waals surface area (Å²) in [6.45, 7) is 9.31. The molecule has 8 nitrogen and oxygen atoms in total. The van der Waals surface area contributed by atoms with Gasteiger partial charge in [0.15, 0.2) is 18.9 Å². The van der Waals surface area contributed by atoms with Crippen LogP contribution in [-0.4, -0.2) is 61.6 Å². The molecule has 236 valence electrons. The molecule has 0 aromatic heterocycles. The highest BCUT2D eigenvalue weighted by molar-refractivity contribution is 5.15. The second kappa shape index (κ2) is 14.6. The topological polar surface area (TPSA) is 73.8 Å². The molecule has 0 saturated carbocycles. The van der Waals surface area contributed by atoms with Gasteiger partial charge in [0.2, 0.25) is 0 Å². The Kier molecular flexibility index (Phi) is 10.4. The fraction of sp³-hybridized carbons (Fsp3) is 0.500. The minimum atomic E-state index is -0.597. The van der Waals surface area contributed by atoms with Crippen molar-refractivity contribution in [3.8, 4) is 0 Å². The van der Waals surface area contributed by atoms with E-state index in [1.54, 1.807) is 0 Å². The summed E-state index contributed by atoms with van der Waals surface area (Å²) < 4.78 is 51.4. The van der Waals surface area contributed by atoms with Crippen molar-refractivity contribution in [3.63, 3.8) is 0 Å². The SMILES string of the molecule is CC1OC2OC(C)[C@H](OCc3ccccc3)[C@H](O[C@@H]3OC(C)[C@H](OCc4ccccc4)[C@H](OCc4ccccc4)C3C)C2O1. The monoisotopic (exact) mass is 604 g/mol. The zero-order valence-electron chi connectivity index (χ0n) is 25.9. The molecule has 3 fully saturated rings. The van der Waals surface area contributed by atoms with E-state index >= 15 is 0 Å². The minimum Gasteiger partial charge on any atom is -0.370 e. The van der Waals surface area contributed by atoms with E-state index in [1.165, 1.54) is 0 Å². The first kappa shape index (κ1) is 31.3. The van der Waals surface area contributed by atoms with Gasteiger partial charge in [0.25, 0.3) is 0 Å². The van der Waals surface area contributed by atoms with Gasteiger partial charge in [-0.25, -0.2) is 0 Å². The van der Waals surface area contributed by atoms with E-state index in [1.807, 2.05) is 87.5 Å². The Morgan fingerprint density at radius 3 is 1.48 bits per heavy atom. The third kappa shape index (κ3) is 7.41. The number of benzene rings is 3. The molecule has 3 aliphatic heterocycles. The lowest BCUT2D eigenvalue weighted by molar-refractivity contribution is -0.338. The summed E-state index contributed by atoms with van der Waals surface area (Å²) in [5.41, 5.74) is 3.26. The average Bonchev–Trinajstić information content (AvgIpc) is 3.42. The number of hydrogen-bond donors (Lipinski definition) is 0. The zero-order valence-corrected chi connectivity index (χ0v) is 25.9. The largest absolute Gasteiger partial charge is 0.370 e. The van der Waals surface area contributed by atoms with Crippen LogP contribution in [0.3, 0.4) is 0 Å². The summed E-state index contributed by atoms with van der Waals surface area (Å²) in [5, 5.41) is 0. The maximum atomic E-state index is 6.87. The van der Waals surface area contributed by atoms with Crippen LogP contribution in [0.1, 0.15) is 44.4 Å². The Hall–Kier alpha value is -2.66. The van der Waals surface area contributed by atoms with Gasteiger partial charge in [-0.2, -0.15) is 0 Å². The van der Waals surface area contributed by atoms with Crippen LogP contribution < -0.4 is 0 Å². The molecule has 3 aromatic rings. The molecule has 0 radical (unpaired) electrons. The molecule has 3 aliphatic rings. The van der Waals surface area contributed by atoms with Gasteiger partial charge >= 0.3 is 0 Å². The predicted octanol–water partition coefficient (Wildman–Crippen LogP) is 6.01. The first-order valence-electron chi connectivity index (χ1n) is 15.7. The molecule has 3 heterocycles. The first-order valence-corrected chi connectivity index (χ1v) is 15.7. The summed E-state index contributed by atoms with van der Waals surface area (Å²) in [4.78, 5) is 0. The number of fused-ring (bicyclic) bond motifs is 1. The zero-order chi connectivity index (χ0) is 30.5. The van der Waals surface area contributed by atoms with Crippen molar-refractivity contribution in [1.82, 2.24) is 0 Å². The van der Waals surface area contributed by atoms with E-state index in [0.717, 1.165) is 16.7 Å². The molecule has 0 amide bonds. The molecule has 0 aliphatic carbocycles. The molecule has 11 atom stereocenters. The van der Waals surface area contributed by atoms with Gasteiger partial charge < -0.3 is 37.9 Å². The second-order valence-electron chi connectivity index (χ2n) is 12.0. The highest BCUT2D eigenvalue weighted by Crippen LogP contribution is 2.39. The highest BCUT2D eigenvalue weighted by Gasteiger charge is 2.54. The van der Waals surface area contributed by atoms with Crippen LogP contribution in [0.25, 0.3) is 0 Å². The standard InChI is InChI=1S/C36H44O8/c1-23-30(37-20-27-14-8-5-9-15-27)31(38-21-28-16-10-6-11-17-28)24(2)40-35(23)44-33-32(39-22-29-18-12-7-13-19-29)25(3)41-36-34(33)42-26(4)43-36/h5-19,23-26,30-36H,20-22H2,1-4H3/t23?,24?,25?,26?,30-,31+,32+,33+,34?,35+,36?/m1/s1. The van der Waals surface area contributed by atoms with Crippen molar-refractivity contribution in [2.45, 2.75) is 109 Å². The highest BCUT2D eigenvalue weighted by atomic mass is 16.8. The molecular formula is C36H44O8. The molecule has 6 unspecified atom stereocenters. The van der Waals surface area contributed by atoms with Crippen LogP contribution in [0.5, 0.6) is 0 Å². The van der Waals surface area contributed by atoms with Gasteiger partial charge in [0.05, 0.1) is 38.1 Å². The maximum absolute atomic E-state index is 6.87. The van der Waals surface area contributed by atoms with Crippen LogP contribution in [0.15, 0.2) is 91.0 Å². The lowest BCUT2D eigenvalue weighted by Crippen LogP contribution is -2.61. The average molecular weight is 605 g/mol. The van der Waals surface area contributed by atoms with Gasteiger partial charge in [0, 0.05) is 5.92 Å². The van der Waals surface area contributed by atoms with Gasteiger partial charge in [-0.1, -0.05) is 97.9 Å². The van der Waals surface area contributed by atoms with Crippen LogP contribution in [0.4, 0.5) is 0 Å². The molecule has 8 heteroatoms. The van der Waals surface area contributed by atoms with E-state index in [0.29, 0.717) is 19.8 Å². The third-order valence-corrected chi connectivity index (χ3v) is 8.63. The Morgan fingerprint density at radius 1 is 0.500 bits per heavy atom. The van der Waals surface area contributed by atoms with E-state index in [4.69, 9.17) is 37.9 Å².